The normalized spacial score (nSPS) is 18.3. The molecule has 1 saturated heterocycles. The summed E-state index contributed by atoms with van der Waals surface area (Å²) in [6, 6.07) is 14.7. The molecule has 3 rings (SSSR count). The number of ether oxygens (including phenoxy) is 2. The van der Waals surface area contributed by atoms with Crippen molar-refractivity contribution in [2.45, 2.75) is 12.6 Å². The highest BCUT2D eigenvalue weighted by atomic mass is 16.6. The van der Waals surface area contributed by atoms with E-state index in [1.54, 1.807) is 19.2 Å². The van der Waals surface area contributed by atoms with E-state index in [2.05, 4.69) is 17.0 Å². The van der Waals surface area contributed by atoms with Crippen LogP contribution in [-0.2, 0) is 11.3 Å². The van der Waals surface area contributed by atoms with Gasteiger partial charge in [-0.05, 0) is 35.4 Å². The van der Waals surface area contributed by atoms with Gasteiger partial charge in [-0.15, -0.1) is 0 Å². The zero-order valence-corrected chi connectivity index (χ0v) is 13.6. The Morgan fingerprint density at radius 3 is 2.54 bits per heavy atom. The number of hydrogen-bond donors (Lipinski definition) is 0. The molecule has 0 aliphatic carbocycles. The van der Waals surface area contributed by atoms with Crippen molar-refractivity contribution in [1.29, 1.82) is 0 Å². The number of benzene rings is 2. The first kappa shape index (κ1) is 16.4. The molecule has 0 amide bonds. The molecule has 0 N–H and O–H groups in total. The van der Waals surface area contributed by atoms with Crippen LogP contribution in [0.2, 0.25) is 0 Å². The molecule has 2 aromatic rings. The van der Waals surface area contributed by atoms with E-state index >= 15 is 0 Å². The summed E-state index contributed by atoms with van der Waals surface area (Å²) in [6.07, 6.45) is -0.0576. The second kappa shape index (κ2) is 7.42. The fraction of sp³-hybridized carbons (Fsp3) is 0.333. The summed E-state index contributed by atoms with van der Waals surface area (Å²) in [7, 11) is 1.66. The summed E-state index contributed by atoms with van der Waals surface area (Å²) >= 11 is 0. The lowest BCUT2D eigenvalue weighted by atomic mass is 10.1. The summed E-state index contributed by atoms with van der Waals surface area (Å²) in [6.45, 7) is 3.13. The Balaban J connectivity index is 1.64. The summed E-state index contributed by atoms with van der Waals surface area (Å²) in [5.74, 6) is 0.851. The predicted molar refractivity (Wildman–Crippen MR) is 90.1 cm³/mol. The highest BCUT2D eigenvalue weighted by molar-refractivity contribution is 5.34. The third-order valence-electron chi connectivity index (χ3n) is 4.19. The topological polar surface area (TPSA) is 64.8 Å². The zero-order chi connectivity index (χ0) is 16.9. The van der Waals surface area contributed by atoms with Gasteiger partial charge in [-0.2, -0.15) is 0 Å². The fourth-order valence-corrected chi connectivity index (χ4v) is 2.85. The maximum Gasteiger partial charge on any atom is 0.269 e. The first-order valence-corrected chi connectivity index (χ1v) is 7.87. The van der Waals surface area contributed by atoms with Gasteiger partial charge in [0.1, 0.15) is 5.75 Å². The van der Waals surface area contributed by atoms with Gasteiger partial charge in [0, 0.05) is 31.8 Å². The molecule has 0 spiro atoms. The van der Waals surface area contributed by atoms with E-state index in [9.17, 15) is 10.1 Å². The standard InChI is InChI=1S/C18H20N2O4/c1-23-17-8-2-14(3-9-17)12-19-10-11-24-18(13-19)15-4-6-16(7-5-15)20(21)22/h2-9,18H,10-13H2,1H3/t18-/m1/s1. The van der Waals surface area contributed by atoms with Crippen LogP contribution in [0.3, 0.4) is 0 Å². The Kier molecular flexibility index (Phi) is 5.08. The highest BCUT2D eigenvalue weighted by Gasteiger charge is 2.22. The lowest BCUT2D eigenvalue weighted by molar-refractivity contribution is -0.384. The van der Waals surface area contributed by atoms with Crippen molar-refractivity contribution < 1.29 is 14.4 Å². The predicted octanol–water partition coefficient (Wildman–Crippen LogP) is 3.18. The number of methoxy groups -OCH3 is 1. The van der Waals surface area contributed by atoms with Crippen LogP contribution in [0.5, 0.6) is 5.75 Å². The monoisotopic (exact) mass is 328 g/mol. The number of rotatable bonds is 5. The lowest BCUT2D eigenvalue weighted by Crippen LogP contribution is -2.37. The number of nitro benzene ring substituents is 1. The van der Waals surface area contributed by atoms with Gasteiger partial charge in [0.25, 0.3) is 5.69 Å². The second-order valence-electron chi connectivity index (χ2n) is 5.79. The van der Waals surface area contributed by atoms with E-state index in [0.29, 0.717) is 6.61 Å². The third-order valence-corrected chi connectivity index (χ3v) is 4.19. The minimum Gasteiger partial charge on any atom is -0.497 e. The number of morpholine rings is 1. The number of non-ortho nitro benzene ring substituents is 1. The first-order chi connectivity index (χ1) is 11.7. The van der Waals surface area contributed by atoms with Crippen molar-refractivity contribution in [3.05, 3.63) is 69.8 Å². The van der Waals surface area contributed by atoms with Gasteiger partial charge >= 0.3 is 0 Å². The average molecular weight is 328 g/mol. The SMILES string of the molecule is COc1ccc(CN2CCO[C@@H](c3ccc([N+](=O)[O-])cc3)C2)cc1. The van der Waals surface area contributed by atoms with Crippen molar-refractivity contribution in [1.82, 2.24) is 4.90 Å². The molecule has 126 valence electrons. The van der Waals surface area contributed by atoms with Gasteiger partial charge in [0.2, 0.25) is 0 Å². The van der Waals surface area contributed by atoms with Crippen molar-refractivity contribution in [3.63, 3.8) is 0 Å². The minimum atomic E-state index is -0.387. The first-order valence-electron chi connectivity index (χ1n) is 7.87. The molecule has 1 aliphatic rings. The van der Waals surface area contributed by atoms with Crippen LogP contribution in [-0.4, -0.2) is 36.6 Å². The van der Waals surface area contributed by atoms with Crippen molar-refractivity contribution >= 4 is 5.69 Å². The van der Waals surface area contributed by atoms with Crippen LogP contribution in [0.4, 0.5) is 5.69 Å². The third kappa shape index (κ3) is 3.90. The Morgan fingerprint density at radius 2 is 1.92 bits per heavy atom. The molecule has 1 heterocycles. The molecule has 0 radical (unpaired) electrons. The molecule has 1 fully saturated rings. The average Bonchev–Trinajstić information content (AvgIpc) is 2.63. The molecule has 6 heteroatoms. The Bertz CT molecular complexity index is 685. The molecule has 1 atom stereocenters. The second-order valence-corrected chi connectivity index (χ2v) is 5.79. The largest absolute Gasteiger partial charge is 0.497 e. The van der Waals surface area contributed by atoms with E-state index < -0.39 is 0 Å². The lowest BCUT2D eigenvalue weighted by Gasteiger charge is -2.33. The Labute approximate surface area is 140 Å². The van der Waals surface area contributed by atoms with Crippen LogP contribution in [0.25, 0.3) is 0 Å². The van der Waals surface area contributed by atoms with E-state index in [1.807, 2.05) is 12.1 Å². The van der Waals surface area contributed by atoms with Crippen molar-refractivity contribution in [3.8, 4) is 5.75 Å². The van der Waals surface area contributed by atoms with Crippen LogP contribution >= 0.6 is 0 Å². The van der Waals surface area contributed by atoms with Crippen molar-refractivity contribution in [2.24, 2.45) is 0 Å². The van der Waals surface area contributed by atoms with Gasteiger partial charge < -0.3 is 9.47 Å². The zero-order valence-electron chi connectivity index (χ0n) is 13.6. The molecule has 2 aromatic carbocycles. The van der Waals surface area contributed by atoms with Gasteiger partial charge in [-0.3, -0.25) is 15.0 Å². The fourth-order valence-electron chi connectivity index (χ4n) is 2.85. The van der Waals surface area contributed by atoms with Crippen molar-refractivity contribution in [2.75, 3.05) is 26.8 Å². The van der Waals surface area contributed by atoms with E-state index in [4.69, 9.17) is 9.47 Å². The molecule has 0 bridgehead atoms. The maximum absolute atomic E-state index is 10.7. The molecule has 24 heavy (non-hydrogen) atoms. The van der Waals surface area contributed by atoms with E-state index in [-0.39, 0.29) is 16.7 Å². The van der Waals surface area contributed by atoms with E-state index in [0.717, 1.165) is 30.9 Å². The van der Waals surface area contributed by atoms with Gasteiger partial charge in [-0.25, -0.2) is 0 Å². The molecular weight excluding hydrogens is 308 g/mol. The molecular formula is C18H20N2O4. The summed E-state index contributed by atoms with van der Waals surface area (Å²) in [5.41, 5.74) is 2.30. The van der Waals surface area contributed by atoms with Gasteiger partial charge in [-0.1, -0.05) is 12.1 Å². The Hall–Kier alpha value is -2.44. The molecule has 0 aromatic heterocycles. The van der Waals surface area contributed by atoms with Crippen LogP contribution in [0.1, 0.15) is 17.2 Å². The number of nitro groups is 1. The van der Waals surface area contributed by atoms with Gasteiger partial charge in [0.05, 0.1) is 24.7 Å². The quantitative estimate of drug-likeness (QED) is 0.623. The van der Waals surface area contributed by atoms with E-state index in [1.165, 1.54) is 17.7 Å². The summed E-state index contributed by atoms with van der Waals surface area (Å²) in [5, 5.41) is 10.7. The van der Waals surface area contributed by atoms with Crippen LogP contribution in [0, 0.1) is 10.1 Å². The van der Waals surface area contributed by atoms with Crippen LogP contribution in [0.15, 0.2) is 48.5 Å². The Morgan fingerprint density at radius 1 is 1.21 bits per heavy atom. The summed E-state index contributed by atoms with van der Waals surface area (Å²) in [4.78, 5) is 12.7. The minimum absolute atomic E-state index is 0.0576. The van der Waals surface area contributed by atoms with Gasteiger partial charge in [0.15, 0.2) is 0 Å². The number of hydrogen-bond acceptors (Lipinski definition) is 5. The molecule has 0 saturated carbocycles. The summed E-state index contributed by atoms with van der Waals surface area (Å²) < 4.78 is 11.0. The number of nitrogens with zero attached hydrogens (tertiary/aromatic N) is 2. The molecule has 0 unspecified atom stereocenters. The molecule has 1 aliphatic heterocycles. The highest BCUT2D eigenvalue weighted by Crippen LogP contribution is 2.25. The smallest absolute Gasteiger partial charge is 0.269 e. The maximum atomic E-state index is 10.7. The van der Waals surface area contributed by atoms with Crippen LogP contribution < -0.4 is 4.74 Å². The molecule has 6 nitrogen and oxygen atoms in total.